The summed E-state index contributed by atoms with van der Waals surface area (Å²) in [6.07, 6.45) is 0.985. The summed E-state index contributed by atoms with van der Waals surface area (Å²) < 4.78 is 0. The Morgan fingerprint density at radius 3 is 2.12 bits per heavy atom. The second kappa shape index (κ2) is 7.22. The fraction of sp³-hybridized carbons (Fsp3) is 1.00. The van der Waals surface area contributed by atoms with Crippen molar-refractivity contribution in [2.45, 2.75) is 26.4 Å². The van der Waals surface area contributed by atoms with Crippen molar-refractivity contribution in [2.75, 3.05) is 45.8 Å². The van der Waals surface area contributed by atoms with Gasteiger partial charge in [-0.2, -0.15) is 0 Å². The molecule has 0 radical (unpaired) electrons. The third kappa shape index (κ3) is 5.25. The average Bonchev–Trinajstić information content (AvgIpc) is 2.43. The number of hydrogen-bond acceptors (Lipinski definition) is 4. The van der Waals surface area contributed by atoms with Crippen LogP contribution in [0.4, 0.5) is 0 Å². The highest BCUT2D eigenvalue weighted by molar-refractivity contribution is 4.72. The van der Waals surface area contributed by atoms with Crippen LogP contribution < -0.4 is 5.73 Å². The van der Waals surface area contributed by atoms with Crippen LogP contribution in [0.1, 0.15) is 20.3 Å². The molecule has 0 aromatic heterocycles. The molecule has 2 atom stereocenters. The van der Waals surface area contributed by atoms with Crippen LogP contribution in [0.2, 0.25) is 0 Å². The fourth-order valence-electron chi connectivity index (χ4n) is 2.28. The van der Waals surface area contributed by atoms with Crippen molar-refractivity contribution in [1.82, 2.24) is 9.80 Å². The lowest BCUT2D eigenvalue weighted by Gasteiger charge is -2.24. The molecule has 1 heterocycles. The van der Waals surface area contributed by atoms with Gasteiger partial charge in [-0.15, -0.1) is 0 Å². The molecule has 0 amide bonds. The molecule has 0 saturated carbocycles. The predicted molar refractivity (Wildman–Crippen MR) is 67.4 cm³/mol. The topological polar surface area (TPSA) is 52.7 Å². The van der Waals surface area contributed by atoms with Gasteiger partial charge in [0.1, 0.15) is 0 Å². The maximum absolute atomic E-state index is 9.37. The first-order chi connectivity index (χ1) is 7.61. The Balaban J connectivity index is 2.28. The van der Waals surface area contributed by atoms with Crippen molar-refractivity contribution < 1.29 is 5.11 Å². The molecule has 0 aromatic rings. The number of hydrogen-bond donors (Lipinski definition) is 2. The second-order valence-electron chi connectivity index (χ2n) is 5.14. The first-order valence-corrected chi connectivity index (χ1v) is 6.44. The Morgan fingerprint density at radius 1 is 1.06 bits per heavy atom. The van der Waals surface area contributed by atoms with E-state index in [4.69, 9.17) is 5.73 Å². The lowest BCUT2D eigenvalue weighted by molar-refractivity contribution is 0.127. The largest absolute Gasteiger partial charge is 0.392 e. The molecule has 0 spiro atoms. The minimum atomic E-state index is -0.213. The summed E-state index contributed by atoms with van der Waals surface area (Å²) in [6.45, 7) is 11.2. The zero-order valence-electron chi connectivity index (χ0n) is 10.7. The summed E-state index contributed by atoms with van der Waals surface area (Å²) in [7, 11) is 0. The Labute approximate surface area is 99.4 Å². The predicted octanol–water partition coefficient (Wildman–Crippen LogP) is -0.0303. The Hall–Kier alpha value is -0.160. The van der Waals surface area contributed by atoms with E-state index in [0.717, 1.165) is 39.3 Å². The smallest absolute Gasteiger partial charge is 0.0639 e. The van der Waals surface area contributed by atoms with Crippen LogP contribution in [0, 0.1) is 5.92 Å². The monoisotopic (exact) mass is 229 g/mol. The summed E-state index contributed by atoms with van der Waals surface area (Å²) in [5.74, 6) is 0.586. The van der Waals surface area contributed by atoms with Gasteiger partial charge < -0.3 is 15.7 Å². The summed E-state index contributed by atoms with van der Waals surface area (Å²) in [6, 6.07) is 0. The lowest BCUT2D eigenvalue weighted by Crippen LogP contribution is -2.37. The highest BCUT2D eigenvalue weighted by Crippen LogP contribution is 2.06. The molecule has 0 bridgehead atoms. The first kappa shape index (κ1) is 13.9. The summed E-state index contributed by atoms with van der Waals surface area (Å²) >= 11 is 0. The first-order valence-electron chi connectivity index (χ1n) is 6.44. The minimum Gasteiger partial charge on any atom is -0.392 e. The third-order valence-electron chi connectivity index (χ3n) is 3.18. The number of nitrogens with two attached hydrogens (primary N) is 1. The van der Waals surface area contributed by atoms with E-state index < -0.39 is 0 Å². The van der Waals surface area contributed by atoms with Crippen molar-refractivity contribution >= 4 is 0 Å². The third-order valence-corrected chi connectivity index (χ3v) is 3.18. The van der Waals surface area contributed by atoms with Crippen molar-refractivity contribution in [2.24, 2.45) is 11.7 Å². The van der Waals surface area contributed by atoms with E-state index in [2.05, 4.69) is 16.7 Å². The van der Waals surface area contributed by atoms with Crippen molar-refractivity contribution in [3.8, 4) is 0 Å². The van der Waals surface area contributed by atoms with Gasteiger partial charge in [0.05, 0.1) is 6.10 Å². The van der Waals surface area contributed by atoms with Gasteiger partial charge in [-0.3, -0.25) is 4.90 Å². The number of aliphatic hydroxyl groups excluding tert-OH is 1. The highest BCUT2D eigenvalue weighted by Gasteiger charge is 2.16. The van der Waals surface area contributed by atoms with Gasteiger partial charge in [-0.05, 0) is 38.9 Å². The van der Waals surface area contributed by atoms with Crippen molar-refractivity contribution in [3.05, 3.63) is 0 Å². The Kier molecular flexibility index (Phi) is 6.28. The standard InChI is InChI=1S/C12H27N3O/c1-11(8-13)9-14-4-3-5-15(7-6-14)10-12(2)16/h11-12,16H,3-10,13H2,1-2H3. The van der Waals surface area contributed by atoms with Crippen LogP contribution in [0.3, 0.4) is 0 Å². The number of β-amino-alcohol motifs (C(OH)–C–C–N with tert-alkyl or cyclic N) is 1. The molecule has 2 unspecified atom stereocenters. The summed E-state index contributed by atoms with van der Waals surface area (Å²) in [5, 5.41) is 9.37. The molecule has 0 aromatic carbocycles. The van der Waals surface area contributed by atoms with Crippen LogP contribution in [0.5, 0.6) is 0 Å². The van der Waals surface area contributed by atoms with Gasteiger partial charge in [-0.1, -0.05) is 6.92 Å². The normalized spacial score (nSPS) is 24.0. The maximum atomic E-state index is 9.37. The van der Waals surface area contributed by atoms with Gasteiger partial charge in [0.2, 0.25) is 0 Å². The molecule has 4 heteroatoms. The van der Waals surface area contributed by atoms with Gasteiger partial charge in [-0.25, -0.2) is 0 Å². The minimum absolute atomic E-state index is 0.213. The van der Waals surface area contributed by atoms with E-state index in [1.54, 1.807) is 0 Å². The van der Waals surface area contributed by atoms with Gasteiger partial charge in [0.15, 0.2) is 0 Å². The van der Waals surface area contributed by atoms with Crippen LogP contribution in [0.25, 0.3) is 0 Å². The van der Waals surface area contributed by atoms with Crippen molar-refractivity contribution in [3.63, 3.8) is 0 Å². The zero-order valence-corrected chi connectivity index (χ0v) is 10.7. The molecular weight excluding hydrogens is 202 g/mol. The van der Waals surface area contributed by atoms with Crippen LogP contribution in [-0.2, 0) is 0 Å². The molecule has 1 fully saturated rings. The molecule has 0 aliphatic carbocycles. The average molecular weight is 229 g/mol. The van der Waals surface area contributed by atoms with E-state index in [-0.39, 0.29) is 6.10 Å². The molecule has 1 aliphatic heterocycles. The quantitative estimate of drug-likeness (QED) is 0.695. The zero-order chi connectivity index (χ0) is 12.0. The Morgan fingerprint density at radius 2 is 1.62 bits per heavy atom. The van der Waals surface area contributed by atoms with E-state index in [1.165, 1.54) is 13.0 Å². The second-order valence-corrected chi connectivity index (χ2v) is 5.14. The van der Waals surface area contributed by atoms with E-state index in [1.807, 2.05) is 6.92 Å². The molecular formula is C12H27N3O. The molecule has 96 valence electrons. The van der Waals surface area contributed by atoms with Crippen LogP contribution in [-0.4, -0.2) is 66.8 Å². The van der Waals surface area contributed by atoms with Gasteiger partial charge in [0, 0.05) is 26.2 Å². The molecule has 1 saturated heterocycles. The molecule has 4 nitrogen and oxygen atoms in total. The summed E-state index contributed by atoms with van der Waals surface area (Å²) in [4.78, 5) is 4.86. The van der Waals surface area contributed by atoms with E-state index in [0.29, 0.717) is 5.92 Å². The molecule has 16 heavy (non-hydrogen) atoms. The molecule has 3 N–H and O–H groups in total. The van der Waals surface area contributed by atoms with E-state index in [9.17, 15) is 5.11 Å². The SMILES string of the molecule is CC(O)CN1CCCN(CC(C)CN)CC1. The highest BCUT2D eigenvalue weighted by atomic mass is 16.3. The lowest BCUT2D eigenvalue weighted by atomic mass is 10.1. The summed E-state index contributed by atoms with van der Waals surface area (Å²) in [5.41, 5.74) is 5.65. The molecule has 1 aliphatic rings. The Bertz CT molecular complexity index is 187. The van der Waals surface area contributed by atoms with Gasteiger partial charge in [0.25, 0.3) is 0 Å². The van der Waals surface area contributed by atoms with Crippen LogP contribution >= 0.6 is 0 Å². The maximum Gasteiger partial charge on any atom is 0.0639 e. The fourth-order valence-corrected chi connectivity index (χ4v) is 2.28. The number of nitrogens with zero attached hydrogens (tertiary/aromatic N) is 2. The van der Waals surface area contributed by atoms with E-state index >= 15 is 0 Å². The van der Waals surface area contributed by atoms with Crippen molar-refractivity contribution in [1.29, 1.82) is 0 Å². The molecule has 1 rings (SSSR count). The van der Waals surface area contributed by atoms with Crippen LogP contribution in [0.15, 0.2) is 0 Å². The number of aliphatic hydroxyl groups is 1. The number of rotatable bonds is 5. The van der Waals surface area contributed by atoms with Gasteiger partial charge >= 0.3 is 0 Å².